The molecule has 1 atom stereocenters. The summed E-state index contributed by atoms with van der Waals surface area (Å²) in [4.78, 5) is 36.4. The standard InChI is InChI=1S/C21H25N5O4/c22-21(28)19-9-4-12-25(19)14-15-5-3-6-16(13-15)24-20(27)10-11-23-17-7-1-2-8-18(17)26(29)30/h1-3,5-8,13,19,23H,4,9-12,14H2,(H2,22,28)(H,24,27). The lowest BCUT2D eigenvalue weighted by Crippen LogP contribution is -2.39. The van der Waals surface area contributed by atoms with E-state index < -0.39 is 4.92 Å². The van der Waals surface area contributed by atoms with E-state index in [1.807, 2.05) is 18.2 Å². The van der Waals surface area contributed by atoms with Crippen LogP contribution < -0.4 is 16.4 Å². The monoisotopic (exact) mass is 411 g/mol. The third-order valence-corrected chi connectivity index (χ3v) is 5.06. The molecule has 1 heterocycles. The third kappa shape index (κ3) is 5.54. The maximum absolute atomic E-state index is 12.3. The number of nitro benzene ring substituents is 1. The SMILES string of the molecule is NC(=O)C1CCCN1Cc1cccc(NC(=O)CCNc2ccccc2[N+](=O)[O-])c1. The molecule has 4 N–H and O–H groups in total. The molecular formula is C21H25N5O4. The van der Waals surface area contributed by atoms with Gasteiger partial charge < -0.3 is 16.4 Å². The minimum Gasteiger partial charge on any atom is -0.379 e. The molecule has 0 saturated carbocycles. The van der Waals surface area contributed by atoms with Gasteiger partial charge in [-0.05, 0) is 43.1 Å². The Morgan fingerprint density at radius 1 is 1.20 bits per heavy atom. The highest BCUT2D eigenvalue weighted by Crippen LogP contribution is 2.23. The van der Waals surface area contributed by atoms with E-state index in [0.29, 0.717) is 17.9 Å². The van der Waals surface area contributed by atoms with Gasteiger partial charge in [-0.15, -0.1) is 0 Å². The second-order valence-corrected chi connectivity index (χ2v) is 7.23. The zero-order chi connectivity index (χ0) is 21.5. The van der Waals surface area contributed by atoms with Crippen molar-refractivity contribution in [2.24, 2.45) is 5.73 Å². The van der Waals surface area contributed by atoms with Crippen LogP contribution in [0.4, 0.5) is 17.1 Å². The molecule has 0 bridgehead atoms. The van der Waals surface area contributed by atoms with E-state index in [-0.39, 0.29) is 36.5 Å². The number of nitrogens with zero attached hydrogens (tertiary/aromatic N) is 2. The molecule has 2 aromatic carbocycles. The molecule has 9 nitrogen and oxygen atoms in total. The zero-order valence-corrected chi connectivity index (χ0v) is 16.5. The molecule has 1 aliphatic rings. The van der Waals surface area contributed by atoms with Crippen LogP contribution in [-0.2, 0) is 16.1 Å². The van der Waals surface area contributed by atoms with Gasteiger partial charge in [-0.1, -0.05) is 24.3 Å². The molecule has 0 spiro atoms. The normalized spacial score (nSPS) is 16.2. The molecule has 0 aromatic heterocycles. The summed E-state index contributed by atoms with van der Waals surface area (Å²) in [5.41, 5.74) is 7.48. The summed E-state index contributed by atoms with van der Waals surface area (Å²) in [7, 11) is 0. The molecule has 3 rings (SSSR count). The Morgan fingerprint density at radius 3 is 2.77 bits per heavy atom. The van der Waals surface area contributed by atoms with Gasteiger partial charge >= 0.3 is 0 Å². The van der Waals surface area contributed by atoms with Crippen LogP contribution in [0.3, 0.4) is 0 Å². The molecular weight excluding hydrogens is 386 g/mol. The van der Waals surface area contributed by atoms with Gasteiger partial charge in [0.25, 0.3) is 5.69 Å². The molecule has 158 valence electrons. The Balaban J connectivity index is 1.52. The van der Waals surface area contributed by atoms with E-state index in [2.05, 4.69) is 15.5 Å². The van der Waals surface area contributed by atoms with Gasteiger partial charge in [-0.3, -0.25) is 24.6 Å². The van der Waals surface area contributed by atoms with Crippen LogP contribution in [0.2, 0.25) is 0 Å². The highest BCUT2D eigenvalue weighted by Gasteiger charge is 2.28. The molecule has 30 heavy (non-hydrogen) atoms. The van der Waals surface area contributed by atoms with Crippen molar-refractivity contribution in [2.75, 3.05) is 23.7 Å². The summed E-state index contributed by atoms with van der Waals surface area (Å²) in [6, 6.07) is 13.6. The van der Waals surface area contributed by atoms with E-state index in [1.165, 1.54) is 6.07 Å². The number of carbonyl (C=O) groups excluding carboxylic acids is 2. The van der Waals surface area contributed by atoms with Crippen LogP contribution in [-0.4, -0.2) is 40.8 Å². The summed E-state index contributed by atoms with van der Waals surface area (Å²) in [5.74, 6) is -0.502. The second kappa shape index (κ2) is 9.84. The number of primary amides is 1. The summed E-state index contributed by atoms with van der Waals surface area (Å²) < 4.78 is 0. The van der Waals surface area contributed by atoms with Crippen molar-refractivity contribution >= 4 is 28.9 Å². The molecule has 2 aromatic rings. The number of amides is 2. The van der Waals surface area contributed by atoms with Crippen LogP contribution in [0.1, 0.15) is 24.8 Å². The number of nitrogens with one attached hydrogen (secondary N) is 2. The van der Waals surface area contributed by atoms with Gasteiger partial charge in [0.1, 0.15) is 5.69 Å². The fraction of sp³-hybridized carbons (Fsp3) is 0.333. The molecule has 0 aliphatic carbocycles. The van der Waals surface area contributed by atoms with Crippen molar-refractivity contribution in [1.82, 2.24) is 4.90 Å². The minimum absolute atomic E-state index is 0.0261. The van der Waals surface area contributed by atoms with Crippen LogP contribution in [0.25, 0.3) is 0 Å². The quantitative estimate of drug-likeness (QED) is 0.429. The molecule has 1 aliphatic heterocycles. The maximum Gasteiger partial charge on any atom is 0.292 e. The summed E-state index contributed by atoms with van der Waals surface area (Å²) in [6.07, 6.45) is 1.88. The average molecular weight is 411 g/mol. The number of nitrogens with two attached hydrogens (primary N) is 1. The first-order valence-electron chi connectivity index (χ1n) is 9.83. The predicted molar refractivity (Wildman–Crippen MR) is 114 cm³/mol. The van der Waals surface area contributed by atoms with Crippen LogP contribution in [0.15, 0.2) is 48.5 Å². The predicted octanol–water partition coefficient (Wildman–Crippen LogP) is 2.49. The molecule has 1 unspecified atom stereocenters. The third-order valence-electron chi connectivity index (χ3n) is 5.06. The second-order valence-electron chi connectivity index (χ2n) is 7.23. The fourth-order valence-corrected chi connectivity index (χ4v) is 3.64. The maximum atomic E-state index is 12.3. The average Bonchev–Trinajstić information content (AvgIpc) is 3.17. The summed E-state index contributed by atoms with van der Waals surface area (Å²) >= 11 is 0. The Bertz CT molecular complexity index is 933. The first-order chi connectivity index (χ1) is 14.4. The van der Waals surface area contributed by atoms with E-state index in [9.17, 15) is 19.7 Å². The van der Waals surface area contributed by atoms with E-state index in [0.717, 1.165) is 24.9 Å². The number of hydrogen-bond donors (Lipinski definition) is 3. The van der Waals surface area contributed by atoms with Crippen molar-refractivity contribution in [3.8, 4) is 0 Å². The lowest BCUT2D eigenvalue weighted by atomic mass is 10.1. The van der Waals surface area contributed by atoms with Gasteiger partial charge in [0.15, 0.2) is 0 Å². The Morgan fingerprint density at radius 2 is 2.00 bits per heavy atom. The minimum atomic E-state index is -0.461. The number of carbonyl (C=O) groups is 2. The molecule has 9 heteroatoms. The number of anilines is 2. The first kappa shape index (κ1) is 21.3. The Hall–Kier alpha value is -3.46. The smallest absolute Gasteiger partial charge is 0.292 e. The number of para-hydroxylation sites is 2. The van der Waals surface area contributed by atoms with Crippen LogP contribution in [0.5, 0.6) is 0 Å². The fourth-order valence-electron chi connectivity index (χ4n) is 3.64. The zero-order valence-electron chi connectivity index (χ0n) is 16.5. The van der Waals surface area contributed by atoms with Gasteiger partial charge in [0, 0.05) is 31.3 Å². The van der Waals surface area contributed by atoms with Crippen molar-refractivity contribution < 1.29 is 14.5 Å². The number of likely N-dealkylation sites (tertiary alicyclic amines) is 1. The molecule has 2 amide bonds. The Labute approximate surface area is 174 Å². The van der Waals surface area contributed by atoms with E-state index in [1.54, 1.807) is 24.3 Å². The van der Waals surface area contributed by atoms with Gasteiger partial charge in [-0.2, -0.15) is 0 Å². The van der Waals surface area contributed by atoms with Crippen molar-refractivity contribution in [1.29, 1.82) is 0 Å². The number of hydrogen-bond acceptors (Lipinski definition) is 6. The molecule has 1 saturated heterocycles. The number of rotatable bonds is 9. The number of nitro groups is 1. The van der Waals surface area contributed by atoms with E-state index >= 15 is 0 Å². The van der Waals surface area contributed by atoms with Crippen molar-refractivity contribution in [3.63, 3.8) is 0 Å². The van der Waals surface area contributed by atoms with Gasteiger partial charge in [0.05, 0.1) is 11.0 Å². The molecule has 0 radical (unpaired) electrons. The first-order valence-corrected chi connectivity index (χ1v) is 9.83. The highest BCUT2D eigenvalue weighted by molar-refractivity contribution is 5.91. The topological polar surface area (TPSA) is 131 Å². The molecule has 1 fully saturated rings. The van der Waals surface area contributed by atoms with Crippen LogP contribution in [0, 0.1) is 10.1 Å². The van der Waals surface area contributed by atoms with Crippen LogP contribution >= 0.6 is 0 Å². The number of benzene rings is 2. The van der Waals surface area contributed by atoms with Crippen molar-refractivity contribution in [3.05, 3.63) is 64.2 Å². The lowest BCUT2D eigenvalue weighted by molar-refractivity contribution is -0.384. The van der Waals surface area contributed by atoms with E-state index in [4.69, 9.17) is 5.73 Å². The Kier molecular flexibility index (Phi) is 6.97. The summed E-state index contributed by atoms with van der Waals surface area (Å²) in [6.45, 7) is 1.68. The van der Waals surface area contributed by atoms with Gasteiger partial charge in [-0.25, -0.2) is 0 Å². The largest absolute Gasteiger partial charge is 0.379 e. The lowest BCUT2D eigenvalue weighted by Gasteiger charge is -2.22. The highest BCUT2D eigenvalue weighted by atomic mass is 16.6. The van der Waals surface area contributed by atoms with Gasteiger partial charge in [0.2, 0.25) is 11.8 Å². The van der Waals surface area contributed by atoms with Crippen molar-refractivity contribution in [2.45, 2.75) is 31.8 Å². The summed E-state index contributed by atoms with van der Waals surface area (Å²) in [5, 5.41) is 16.8.